The number of para-hydroxylation sites is 1. The number of halogens is 1. The third-order valence-electron chi connectivity index (χ3n) is 5.01. The van der Waals surface area contributed by atoms with Gasteiger partial charge >= 0.3 is 0 Å². The van der Waals surface area contributed by atoms with Crippen LogP contribution in [0.1, 0.15) is 22.4 Å². The number of hydrogen-bond acceptors (Lipinski definition) is 4. The van der Waals surface area contributed by atoms with Crippen molar-refractivity contribution in [2.24, 2.45) is 4.99 Å². The molecule has 0 aliphatic carbocycles. The van der Waals surface area contributed by atoms with Crippen molar-refractivity contribution < 1.29 is 14.0 Å². The summed E-state index contributed by atoms with van der Waals surface area (Å²) in [7, 11) is 0. The third-order valence-corrected chi connectivity index (χ3v) is 5.93. The smallest absolute Gasteiger partial charge is 0.244 e. The predicted molar refractivity (Wildman–Crippen MR) is 118 cm³/mol. The highest BCUT2D eigenvalue weighted by atomic mass is 32.1. The maximum atomic E-state index is 13.9. The van der Waals surface area contributed by atoms with E-state index in [-0.39, 0.29) is 24.6 Å². The van der Waals surface area contributed by atoms with Crippen LogP contribution in [0, 0.1) is 19.7 Å². The average Bonchev–Trinajstić information content (AvgIpc) is 3.21. The van der Waals surface area contributed by atoms with E-state index >= 15 is 0 Å². The van der Waals surface area contributed by atoms with Gasteiger partial charge in [-0.15, -0.1) is 11.3 Å². The highest BCUT2D eigenvalue weighted by Gasteiger charge is 2.27. The summed E-state index contributed by atoms with van der Waals surface area (Å²) in [6.45, 7) is 3.71. The summed E-state index contributed by atoms with van der Waals surface area (Å²) in [5, 5.41) is 4.49. The molecule has 3 aromatic rings. The summed E-state index contributed by atoms with van der Waals surface area (Å²) in [6.07, 6.45) is 0.0836. The largest absolute Gasteiger partial charge is 0.322 e. The Hall–Kier alpha value is -3.32. The van der Waals surface area contributed by atoms with Gasteiger partial charge in [-0.3, -0.25) is 9.59 Å². The van der Waals surface area contributed by atoms with Gasteiger partial charge in [-0.1, -0.05) is 18.2 Å². The van der Waals surface area contributed by atoms with Crippen LogP contribution in [0.5, 0.6) is 0 Å². The number of hydrogen-bond donors (Lipinski definition) is 1. The zero-order valence-electron chi connectivity index (χ0n) is 16.6. The summed E-state index contributed by atoms with van der Waals surface area (Å²) in [5.41, 5.74) is 4.03. The minimum Gasteiger partial charge on any atom is -0.322 e. The molecule has 0 saturated heterocycles. The zero-order valence-corrected chi connectivity index (χ0v) is 17.4. The fourth-order valence-electron chi connectivity index (χ4n) is 3.30. The Balaban J connectivity index is 1.68. The van der Waals surface area contributed by atoms with Crippen LogP contribution < -0.4 is 10.2 Å². The standard InChI is InChI=1S/C23H20FN3O2S/c1-14-10-18-20(11-15(14)2)27(13-22(28)26-17-7-4-3-6-16(17)24)23(29)12-19(25-18)21-8-5-9-30-21/h3-11H,12-13H2,1-2H3,(H,26,28). The van der Waals surface area contributed by atoms with Crippen LogP contribution in [0.25, 0.3) is 0 Å². The van der Waals surface area contributed by atoms with E-state index in [0.717, 1.165) is 16.0 Å². The second-order valence-corrected chi connectivity index (χ2v) is 8.09. The topological polar surface area (TPSA) is 61.8 Å². The molecule has 2 aromatic carbocycles. The van der Waals surface area contributed by atoms with Crippen LogP contribution in [-0.2, 0) is 9.59 Å². The molecule has 0 bridgehead atoms. The van der Waals surface area contributed by atoms with E-state index in [1.165, 1.54) is 28.4 Å². The molecule has 1 aliphatic heterocycles. The Morgan fingerprint density at radius 3 is 2.67 bits per heavy atom. The molecule has 0 saturated carbocycles. The number of benzene rings is 2. The van der Waals surface area contributed by atoms with E-state index < -0.39 is 11.7 Å². The summed E-state index contributed by atoms with van der Waals surface area (Å²) < 4.78 is 13.9. The SMILES string of the molecule is Cc1cc2c(cc1C)N(CC(=O)Nc1ccccc1F)C(=O)CC(c1cccs1)=N2. The molecule has 0 radical (unpaired) electrons. The lowest BCUT2D eigenvalue weighted by molar-refractivity contribution is -0.120. The van der Waals surface area contributed by atoms with Crippen molar-refractivity contribution in [2.75, 3.05) is 16.8 Å². The molecule has 1 N–H and O–H groups in total. The summed E-state index contributed by atoms with van der Waals surface area (Å²) in [4.78, 5) is 32.9. The van der Waals surface area contributed by atoms with Crippen molar-refractivity contribution >= 4 is 45.9 Å². The fraction of sp³-hybridized carbons (Fsp3) is 0.174. The van der Waals surface area contributed by atoms with Crippen molar-refractivity contribution in [1.82, 2.24) is 0 Å². The molecule has 4 rings (SSSR count). The third kappa shape index (κ3) is 4.02. The van der Waals surface area contributed by atoms with Gasteiger partial charge in [0.25, 0.3) is 0 Å². The molecule has 2 heterocycles. The van der Waals surface area contributed by atoms with Gasteiger partial charge in [0, 0.05) is 4.88 Å². The molecule has 30 heavy (non-hydrogen) atoms. The van der Waals surface area contributed by atoms with Crippen LogP contribution in [0.2, 0.25) is 0 Å². The lowest BCUT2D eigenvalue weighted by atomic mass is 10.1. The van der Waals surface area contributed by atoms with Gasteiger partial charge in [-0.2, -0.15) is 0 Å². The van der Waals surface area contributed by atoms with Crippen LogP contribution in [0.4, 0.5) is 21.5 Å². The number of anilines is 2. The Kier molecular flexibility index (Phi) is 5.46. The molecule has 1 aliphatic rings. The number of rotatable bonds is 4. The molecule has 0 spiro atoms. The van der Waals surface area contributed by atoms with Gasteiger partial charge in [0.1, 0.15) is 12.4 Å². The number of aliphatic imine (C=N–C) groups is 1. The van der Waals surface area contributed by atoms with Gasteiger partial charge in [0.15, 0.2) is 0 Å². The maximum Gasteiger partial charge on any atom is 0.244 e. The lowest BCUT2D eigenvalue weighted by Crippen LogP contribution is -2.38. The Morgan fingerprint density at radius 2 is 1.93 bits per heavy atom. The van der Waals surface area contributed by atoms with Crippen LogP contribution >= 0.6 is 11.3 Å². The minimum atomic E-state index is -0.525. The Labute approximate surface area is 177 Å². The fourth-order valence-corrected chi connectivity index (χ4v) is 4.02. The quantitative estimate of drug-likeness (QED) is 0.644. The van der Waals surface area contributed by atoms with E-state index in [1.54, 1.807) is 12.1 Å². The molecular formula is C23H20FN3O2S. The molecule has 0 unspecified atom stereocenters. The van der Waals surface area contributed by atoms with Crippen molar-refractivity contribution in [3.05, 3.63) is 75.7 Å². The van der Waals surface area contributed by atoms with E-state index in [0.29, 0.717) is 17.1 Å². The van der Waals surface area contributed by atoms with Crippen LogP contribution in [0.3, 0.4) is 0 Å². The molecule has 2 amide bonds. The zero-order chi connectivity index (χ0) is 21.3. The number of fused-ring (bicyclic) bond motifs is 1. The molecular weight excluding hydrogens is 401 g/mol. The van der Waals surface area contributed by atoms with Gasteiger partial charge < -0.3 is 10.2 Å². The van der Waals surface area contributed by atoms with Crippen LogP contribution in [0.15, 0.2) is 58.9 Å². The van der Waals surface area contributed by atoms with Crippen molar-refractivity contribution in [3.8, 4) is 0 Å². The first-order valence-electron chi connectivity index (χ1n) is 9.50. The normalized spacial score (nSPS) is 13.5. The summed E-state index contributed by atoms with van der Waals surface area (Å²) in [6, 6.07) is 13.6. The first-order valence-corrected chi connectivity index (χ1v) is 10.4. The Bertz CT molecular complexity index is 1160. The number of carbonyl (C=O) groups is 2. The number of nitrogens with one attached hydrogen (secondary N) is 1. The number of amides is 2. The Morgan fingerprint density at radius 1 is 1.17 bits per heavy atom. The monoisotopic (exact) mass is 421 g/mol. The van der Waals surface area contributed by atoms with E-state index in [4.69, 9.17) is 4.99 Å². The van der Waals surface area contributed by atoms with Crippen molar-refractivity contribution in [3.63, 3.8) is 0 Å². The lowest BCUT2D eigenvalue weighted by Gasteiger charge is -2.23. The summed E-state index contributed by atoms with van der Waals surface area (Å²) >= 11 is 1.52. The maximum absolute atomic E-state index is 13.9. The predicted octanol–water partition coefficient (Wildman–Crippen LogP) is 5.00. The average molecular weight is 421 g/mol. The molecule has 152 valence electrons. The van der Waals surface area contributed by atoms with Crippen molar-refractivity contribution in [2.45, 2.75) is 20.3 Å². The number of carbonyl (C=O) groups excluding carboxylic acids is 2. The first-order chi connectivity index (χ1) is 14.4. The van der Waals surface area contributed by atoms with Crippen molar-refractivity contribution in [1.29, 1.82) is 0 Å². The van der Waals surface area contributed by atoms with E-state index in [1.807, 2.05) is 43.5 Å². The number of thiophene rings is 1. The van der Waals surface area contributed by atoms with Gasteiger partial charge in [0.05, 0.1) is 29.2 Å². The van der Waals surface area contributed by atoms with Crippen LogP contribution in [-0.4, -0.2) is 24.1 Å². The molecule has 7 heteroatoms. The second-order valence-electron chi connectivity index (χ2n) is 7.15. The second kappa shape index (κ2) is 8.20. The molecule has 0 atom stereocenters. The minimum absolute atomic E-state index is 0.0836. The number of aryl methyl sites for hydroxylation is 2. The van der Waals surface area contributed by atoms with Gasteiger partial charge in [0.2, 0.25) is 11.8 Å². The van der Waals surface area contributed by atoms with Gasteiger partial charge in [-0.05, 0) is 60.7 Å². The summed E-state index contributed by atoms with van der Waals surface area (Å²) in [5.74, 6) is -1.23. The first kappa shape index (κ1) is 20.0. The van der Waals surface area contributed by atoms with E-state index in [9.17, 15) is 14.0 Å². The molecule has 0 fully saturated rings. The molecule has 5 nitrogen and oxygen atoms in total. The molecule has 1 aromatic heterocycles. The highest BCUT2D eigenvalue weighted by molar-refractivity contribution is 7.12. The van der Waals surface area contributed by atoms with E-state index in [2.05, 4.69) is 5.32 Å². The number of nitrogens with zero attached hydrogens (tertiary/aromatic N) is 2. The highest BCUT2D eigenvalue weighted by Crippen LogP contribution is 2.36. The van der Waals surface area contributed by atoms with Gasteiger partial charge in [-0.25, -0.2) is 9.38 Å².